The minimum atomic E-state index is -1.13. The number of benzene rings is 2. The molecule has 10 nitrogen and oxygen atoms in total. The van der Waals surface area contributed by atoms with Gasteiger partial charge in [0.05, 0.1) is 25.1 Å². The highest BCUT2D eigenvalue weighted by atomic mass is 16.5. The fourth-order valence-electron chi connectivity index (χ4n) is 4.15. The van der Waals surface area contributed by atoms with Gasteiger partial charge in [-0.2, -0.15) is 5.10 Å². The van der Waals surface area contributed by atoms with Crippen LogP contribution in [0.15, 0.2) is 60.7 Å². The SMILES string of the molecule is COC(=O)C(CO)NC(=O)c1cccc(N2CCN(C(=O)c3cc(C)nn3-c3ccccc3)CC2)c1. The predicted molar refractivity (Wildman–Crippen MR) is 133 cm³/mol. The van der Waals surface area contributed by atoms with Crippen molar-refractivity contribution < 1.29 is 24.2 Å². The Morgan fingerprint density at radius 2 is 1.69 bits per heavy atom. The van der Waals surface area contributed by atoms with Crippen LogP contribution in [0.25, 0.3) is 5.69 Å². The fourth-order valence-corrected chi connectivity index (χ4v) is 4.15. The zero-order valence-electron chi connectivity index (χ0n) is 20.3. The van der Waals surface area contributed by atoms with E-state index in [0.29, 0.717) is 37.4 Å². The molecule has 2 heterocycles. The molecular weight excluding hydrogens is 462 g/mol. The third kappa shape index (κ3) is 5.38. The van der Waals surface area contributed by atoms with E-state index in [1.165, 1.54) is 7.11 Å². The van der Waals surface area contributed by atoms with Crippen molar-refractivity contribution >= 4 is 23.5 Å². The highest BCUT2D eigenvalue weighted by Crippen LogP contribution is 2.20. The van der Waals surface area contributed by atoms with Crippen molar-refractivity contribution in [2.45, 2.75) is 13.0 Å². The van der Waals surface area contributed by atoms with Crippen molar-refractivity contribution in [3.05, 3.63) is 77.6 Å². The second-order valence-corrected chi connectivity index (χ2v) is 8.48. The van der Waals surface area contributed by atoms with Crippen molar-refractivity contribution in [2.75, 3.05) is 44.8 Å². The van der Waals surface area contributed by atoms with Gasteiger partial charge in [-0.15, -0.1) is 0 Å². The van der Waals surface area contributed by atoms with E-state index >= 15 is 0 Å². The number of aromatic nitrogens is 2. The van der Waals surface area contributed by atoms with Crippen LogP contribution in [-0.4, -0.2) is 83.5 Å². The molecule has 1 saturated heterocycles. The zero-order valence-corrected chi connectivity index (χ0v) is 20.3. The molecule has 1 atom stereocenters. The summed E-state index contributed by atoms with van der Waals surface area (Å²) in [5, 5.41) is 16.3. The van der Waals surface area contributed by atoms with E-state index in [-0.39, 0.29) is 5.91 Å². The summed E-state index contributed by atoms with van der Waals surface area (Å²) in [6.07, 6.45) is 0. The summed E-state index contributed by atoms with van der Waals surface area (Å²) < 4.78 is 6.28. The van der Waals surface area contributed by atoms with Gasteiger partial charge in [0.1, 0.15) is 5.69 Å². The number of esters is 1. The molecular formula is C26H29N5O5. The molecule has 2 aromatic carbocycles. The van der Waals surface area contributed by atoms with E-state index in [4.69, 9.17) is 0 Å². The van der Waals surface area contributed by atoms with Crippen LogP contribution in [0.3, 0.4) is 0 Å². The normalized spacial score (nSPS) is 14.3. The first-order valence-corrected chi connectivity index (χ1v) is 11.7. The lowest BCUT2D eigenvalue weighted by atomic mass is 10.1. The summed E-state index contributed by atoms with van der Waals surface area (Å²) in [5.74, 6) is -1.28. The smallest absolute Gasteiger partial charge is 0.330 e. The van der Waals surface area contributed by atoms with Gasteiger partial charge in [0.2, 0.25) is 0 Å². The van der Waals surface area contributed by atoms with Crippen molar-refractivity contribution in [2.24, 2.45) is 0 Å². The number of nitrogens with zero attached hydrogens (tertiary/aromatic N) is 4. The number of aliphatic hydroxyl groups excluding tert-OH is 1. The van der Waals surface area contributed by atoms with E-state index < -0.39 is 24.5 Å². The van der Waals surface area contributed by atoms with Crippen LogP contribution in [-0.2, 0) is 9.53 Å². The average molecular weight is 492 g/mol. The number of amides is 2. The Morgan fingerprint density at radius 1 is 1.00 bits per heavy atom. The number of hydrogen-bond donors (Lipinski definition) is 2. The molecule has 2 N–H and O–H groups in total. The highest BCUT2D eigenvalue weighted by molar-refractivity contribution is 5.97. The number of anilines is 1. The summed E-state index contributed by atoms with van der Waals surface area (Å²) in [6, 6.07) is 17.3. The maximum atomic E-state index is 13.3. The van der Waals surface area contributed by atoms with Crippen molar-refractivity contribution in [1.29, 1.82) is 0 Å². The number of piperazine rings is 1. The predicted octanol–water partition coefficient (Wildman–Crippen LogP) is 1.41. The number of carbonyl (C=O) groups excluding carboxylic acids is 3. The molecule has 1 aromatic heterocycles. The quantitative estimate of drug-likeness (QED) is 0.480. The molecule has 0 spiro atoms. The van der Waals surface area contributed by atoms with Gasteiger partial charge < -0.3 is 25.0 Å². The largest absolute Gasteiger partial charge is 0.467 e. The van der Waals surface area contributed by atoms with Gasteiger partial charge in [-0.05, 0) is 43.3 Å². The average Bonchev–Trinajstić information content (AvgIpc) is 3.33. The minimum absolute atomic E-state index is 0.0786. The van der Waals surface area contributed by atoms with E-state index in [2.05, 4.69) is 20.1 Å². The van der Waals surface area contributed by atoms with Gasteiger partial charge in [0, 0.05) is 37.4 Å². The zero-order chi connectivity index (χ0) is 25.7. The first kappa shape index (κ1) is 24.9. The monoisotopic (exact) mass is 491 g/mol. The Balaban J connectivity index is 1.42. The number of hydrogen-bond acceptors (Lipinski definition) is 7. The maximum absolute atomic E-state index is 13.3. The van der Waals surface area contributed by atoms with E-state index in [0.717, 1.165) is 17.1 Å². The number of para-hydroxylation sites is 1. The third-order valence-corrected chi connectivity index (χ3v) is 6.07. The molecule has 0 bridgehead atoms. The number of nitrogens with one attached hydrogen (secondary N) is 1. The van der Waals surface area contributed by atoms with Crippen LogP contribution >= 0.6 is 0 Å². The van der Waals surface area contributed by atoms with E-state index in [1.807, 2.05) is 48.2 Å². The fraction of sp³-hybridized carbons (Fsp3) is 0.308. The van der Waals surface area contributed by atoms with E-state index in [1.54, 1.807) is 28.9 Å². The topological polar surface area (TPSA) is 117 Å². The Hall–Kier alpha value is -4.18. The summed E-state index contributed by atoms with van der Waals surface area (Å²) in [6.45, 7) is 3.53. The highest BCUT2D eigenvalue weighted by Gasteiger charge is 2.26. The van der Waals surface area contributed by atoms with E-state index in [9.17, 15) is 19.5 Å². The lowest BCUT2D eigenvalue weighted by Crippen LogP contribution is -2.49. The van der Waals surface area contributed by atoms with Crippen LogP contribution in [0.4, 0.5) is 5.69 Å². The van der Waals surface area contributed by atoms with Crippen molar-refractivity contribution in [1.82, 2.24) is 20.0 Å². The molecule has 188 valence electrons. The molecule has 1 aliphatic rings. The minimum Gasteiger partial charge on any atom is -0.467 e. The summed E-state index contributed by atoms with van der Waals surface area (Å²) in [4.78, 5) is 41.5. The number of aliphatic hydroxyl groups is 1. The summed E-state index contributed by atoms with van der Waals surface area (Å²) >= 11 is 0. The van der Waals surface area contributed by atoms with Crippen LogP contribution in [0.1, 0.15) is 26.5 Å². The molecule has 3 aromatic rings. The van der Waals surface area contributed by atoms with Crippen LogP contribution < -0.4 is 10.2 Å². The van der Waals surface area contributed by atoms with Crippen LogP contribution in [0.2, 0.25) is 0 Å². The van der Waals surface area contributed by atoms with Gasteiger partial charge in [-0.1, -0.05) is 24.3 Å². The molecule has 1 unspecified atom stereocenters. The first-order valence-electron chi connectivity index (χ1n) is 11.7. The molecule has 36 heavy (non-hydrogen) atoms. The number of methoxy groups -OCH3 is 1. The Labute approximate surface area is 209 Å². The van der Waals surface area contributed by atoms with Gasteiger partial charge in [-0.25, -0.2) is 9.48 Å². The van der Waals surface area contributed by atoms with Crippen molar-refractivity contribution in [3.63, 3.8) is 0 Å². The number of aryl methyl sites for hydroxylation is 1. The second-order valence-electron chi connectivity index (χ2n) is 8.48. The van der Waals surface area contributed by atoms with Crippen LogP contribution in [0, 0.1) is 6.92 Å². The molecule has 10 heteroatoms. The van der Waals surface area contributed by atoms with Crippen molar-refractivity contribution in [3.8, 4) is 5.69 Å². The second kappa shape index (κ2) is 11.0. The first-order chi connectivity index (χ1) is 17.4. The molecule has 1 aliphatic heterocycles. The van der Waals surface area contributed by atoms with Crippen LogP contribution in [0.5, 0.6) is 0 Å². The summed E-state index contributed by atoms with van der Waals surface area (Å²) in [7, 11) is 1.19. The molecule has 0 saturated carbocycles. The lowest BCUT2D eigenvalue weighted by molar-refractivity contribution is -0.143. The third-order valence-electron chi connectivity index (χ3n) is 6.07. The van der Waals surface area contributed by atoms with Gasteiger partial charge in [0.15, 0.2) is 6.04 Å². The molecule has 4 rings (SSSR count). The Bertz CT molecular complexity index is 1230. The Kier molecular flexibility index (Phi) is 7.65. The molecule has 2 amide bonds. The standard InChI is InChI=1S/C26H29N5O5/c1-18-15-23(31(28-18)20-8-4-3-5-9-20)25(34)30-13-11-29(12-14-30)21-10-6-7-19(16-21)24(33)27-22(17-32)26(35)36-2/h3-10,15-16,22,32H,11-14,17H2,1-2H3,(H,27,33). The summed E-state index contributed by atoms with van der Waals surface area (Å²) in [5.41, 5.74) is 3.31. The maximum Gasteiger partial charge on any atom is 0.330 e. The van der Waals surface area contributed by atoms with Gasteiger partial charge >= 0.3 is 5.97 Å². The number of ether oxygens (including phenoxy) is 1. The number of carbonyl (C=O) groups is 3. The molecule has 0 aliphatic carbocycles. The molecule has 1 fully saturated rings. The number of rotatable bonds is 7. The van der Waals surface area contributed by atoms with Gasteiger partial charge in [0.25, 0.3) is 11.8 Å². The van der Waals surface area contributed by atoms with Gasteiger partial charge in [-0.3, -0.25) is 9.59 Å². The lowest BCUT2D eigenvalue weighted by Gasteiger charge is -2.36. The molecule has 0 radical (unpaired) electrons. The Morgan fingerprint density at radius 3 is 2.36 bits per heavy atom.